The third-order valence-corrected chi connectivity index (χ3v) is 6.31. The summed E-state index contributed by atoms with van der Waals surface area (Å²) in [6.07, 6.45) is 4.54. The number of hydrogen-bond acceptors (Lipinski definition) is 7. The molecule has 3 aromatic rings. The van der Waals surface area contributed by atoms with E-state index in [9.17, 15) is 14.9 Å². The maximum absolute atomic E-state index is 13.1. The van der Waals surface area contributed by atoms with Crippen molar-refractivity contribution in [2.24, 2.45) is 10.2 Å². The van der Waals surface area contributed by atoms with Gasteiger partial charge in [0, 0.05) is 17.7 Å². The second-order valence-electron chi connectivity index (χ2n) is 6.70. The smallest absolute Gasteiger partial charge is 0.270 e. The summed E-state index contributed by atoms with van der Waals surface area (Å²) in [5, 5.41) is 20.2. The van der Waals surface area contributed by atoms with E-state index < -0.39 is 4.92 Å². The second kappa shape index (κ2) is 10.0. The molecule has 0 aliphatic carbocycles. The van der Waals surface area contributed by atoms with Crippen LogP contribution in [0, 0.1) is 10.1 Å². The zero-order valence-electron chi connectivity index (χ0n) is 16.7. The monoisotopic (exact) mass is 500 g/mol. The average Bonchev–Trinajstić information content (AvgIpc) is 3.41. The van der Waals surface area contributed by atoms with E-state index in [1.807, 2.05) is 0 Å². The molecule has 0 spiro atoms. The van der Waals surface area contributed by atoms with Crippen LogP contribution in [-0.2, 0) is 11.3 Å². The van der Waals surface area contributed by atoms with Gasteiger partial charge in [0.15, 0.2) is 5.17 Å². The van der Waals surface area contributed by atoms with Crippen molar-refractivity contribution in [3.05, 3.63) is 103 Å². The first-order valence-corrected chi connectivity index (χ1v) is 11.0. The molecule has 33 heavy (non-hydrogen) atoms. The number of benzene rings is 2. The normalized spacial score (nSPS) is 16.4. The van der Waals surface area contributed by atoms with Crippen molar-refractivity contribution in [3.63, 3.8) is 0 Å². The molecular formula is C22H14Cl2N4O4S. The molecule has 1 saturated heterocycles. The fourth-order valence-corrected chi connectivity index (χ4v) is 4.21. The summed E-state index contributed by atoms with van der Waals surface area (Å²) in [6.45, 7) is 0.157. The number of amidine groups is 1. The van der Waals surface area contributed by atoms with Gasteiger partial charge in [0.2, 0.25) is 0 Å². The third-order valence-electron chi connectivity index (χ3n) is 4.48. The number of nitrogens with zero attached hydrogens (tertiary/aromatic N) is 4. The summed E-state index contributed by atoms with van der Waals surface area (Å²) >= 11 is 13.5. The van der Waals surface area contributed by atoms with Crippen molar-refractivity contribution < 1.29 is 14.1 Å². The van der Waals surface area contributed by atoms with Crippen LogP contribution in [0.3, 0.4) is 0 Å². The quantitative estimate of drug-likeness (QED) is 0.178. The summed E-state index contributed by atoms with van der Waals surface area (Å²) in [4.78, 5) is 25.4. The predicted octanol–water partition coefficient (Wildman–Crippen LogP) is 6.00. The van der Waals surface area contributed by atoms with Gasteiger partial charge in [0.25, 0.3) is 11.6 Å². The molecular weight excluding hydrogens is 487 g/mol. The molecule has 0 radical (unpaired) electrons. The van der Waals surface area contributed by atoms with E-state index in [0.29, 0.717) is 37.0 Å². The summed E-state index contributed by atoms with van der Waals surface area (Å²) in [7, 11) is 0. The van der Waals surface area contributed by atoms with Gasteiger partial charge < -0.3 is 4.42 Å². The summed E-state index contributed by atoms with van der Waals surface area (Å²) in [6, 6.07) is 14.6. The van der Waals surface area contributed by atoms with Gasteiger partial charge in [-0.3, -0.25) is 19.8 Å². The molecule has 1 amide bonds. The Morgan fingerprint density at radius 3 is 2.73 bits per heavy atom. The highest BCUT2D eigenvalue weighted by molar-refractivity contribution is 8.18. The Morgan fingerprint density at radius 2 is 1.97 bits per heavy atom. The van der Waals surface area contributed by atoms with Crippen molar-refractivity contribution in [3.8, 4) is 0 Å². The van der Waals surface area contributed by atoms with E-state index in [1.165, 1.54) is 29.5 Å². The lowest BCUT2D eigenvalue weighted by Crippen LogP contribution is -2.28. The molecule has 0 N–H and O–H groups in total. The van der Waals surface area contributed by atoms with Crippen LogP contribution in [0.15, 0.2) is 80.4 Å². The standard InChI is InChI=1S/C22H14Cl2N4O4S/c23-18-8-2-5-15(20(18)24)11-19-21(29)27(13-17-7-3-9-32-17)22(33-19)26-25-12-14-4-1-6-16(10-14)28(30)31/h1-12H,13H2/b19-11-,25-12-,26-22+. The lowest BCUT2D eigenvalue weighted by Gasteiger charge is -2.12. The van der Waals surface area contributed by atoms with E-state index in [1.54, 1.807) is 48.5 Å². The van der Waals surface area contributed by atoms with E-state index in [-0.39, 0.29) is 18.1 Å². The number of hydrogen-bond donors (Lipinski definition) is 0. The van der Waals surface area contributed by atoms with Crippen molar-refractivity contribution in [1.29, 1.82) is 0 Å². The molecule has 0 saturated carbocycles. The highest BCUT2D eigenvalue weighted by atomic mass is 35.5. The van der Waals surface area contributed by atoms with Crippen LogP contribution in [-0.4, -0.2) is 27.1 Å². The largest absolute Gasteiger partial charge is 0.467 e. The molecule has 0 atom stereocenters. The molecule has 8 nitrogen and oxygen atoms in total. The SMILES string of the molecule is O=C1/C(=C/c2cccc(Cl)c2Cl)S/C(=N/N=C\c2cccc([N+](=O)[O-])c2)N1Cc1ccco1. The van der Waals surface area contributed by atoms with Crippen LogP contribution in [0.2, 0.25) is 10.0 Å². The molecule has 1 fully saturated rings. The van der Waals surface area contributed by atoms with Crippen LogP contribution in [0.25, 0.3) is 6.08 Å². The highest BCUT2D eigenvalue weighted by Crippen LogP contribution is 2.36. The van der Waals surface area contributed by atoms with Gasteiger partial charge in [0.1, 0.15) is 5.76 Å². The van der Waals surface area contributed by atoms with Gasteiger partial charge in [0.05, 0.1) is 38.9 Å². The zero-order valence-corrected chi connectivity index (χ0v) is 19.0. The van der Waals surface area contributed by atoms with Crippen LogP contribution >= 0.6 is 35.0 Å². The van der Waals surface area contributed by atoms with E-state index >= 15 is 0 Å². The highest BCUT2D eigenvalue weighted by Gasteiger charge is 2.34. The third kappa shape index (κ3) is 5.33. The summed E-state index contributed by atoms with van der Waals surface area (Å²) in [5.74, 6) is 0.276. The molecule has 2 heterocycles. The fourth-order valence-electron chi connectivity index (χ4n) is 2.92. The van der Waals surface area contributed by atoms with Gasteiger partial charge in [-0.05, 0) is 41.6 Å². The molecule has 1 aliphatic rings. The van der Waals surface area contributed by atoms with Crippen molar-refractivity contribution in [1.82, 2.24) is 4.90 Å². The number of nitro benzene ring substituents is 1. The topological polar surface area (TPSA) is 101 Å². The number of nitro groups is 1. The van der Waals surface area contributed by atoms with Gasteiger partial charge in [-0.15, -0.1) is 5.10 Å². The van der Waals surface area contributed by atoms with Gasteiger partial charge >= 0.3 is 0 Å². The van der Waals surface area contributed by atoms with Crippen molar-refractivity contribution >= 4 is 64.0 Å². The van der Waals surface area contributed by atoms with Crippen LogP contribution in [0.5, 0.6) is 0 Å². The first-order valence-electron chi connectivity index (χ1n) is 9.45. The van der Waals surface area contributed by atoms with Crippen molar-refractivity contribution in [2.45, 2.75) is 6.54 Å². The lowest BCUT2D eigenvalue weighted by atomic mass is 10.2. The predicted molar refractivity (Wildman–Crippen MR) is 129 cm³/mol. The first-order chi connectivity index (χ1) is 15.9. The average molecular weight is 501 g/mol. The van der Waals surface area contributed by atoms with E-state index in [2.05, 4.69) is 10.2 Å². The Morgan fingerprint density at radius 1 is 1.15 bits per heavy atom. The van der Waals surface area contributed by atoms with Gasteiger partial charge in [-0.1, -0.05) is 47.5 Å². The van der Waals surface area contributed by atoms with Crippen molar-refractivity contribution in [2.75, 3.05) is 0 Å². The molecule has 0 bridgehead atoms. The molecule has 0 unspecified atom stereocenters. The number of furan rings is 1. The number of halogens is 2. The minimum Gasteiger partial charge on any atom is -0.467 e. The first kappa shape index (κ1) is 22.8. The number of thioether (sulfide) groups is 1. The number of carbonyl (C=O) groups excluding carboxylic acids is 1. The maximum Gasteiger partial charge on any atom is 0.270 e. The van der Waals surface area contributed by atoms with E-state index in [4.69, 9.17) is 27.6 Å². The molecule has 166 valence electrons. The Hall–Kier alpha value is -3.40. The maximum atomic E-state index is 13.1. The Labute approximate surface area is 202 Å². The van der Waals surface area contributed by atoms with Crippen LogP contribution in [0.4, 0.5) is 5.69 Å². The number of non-ortho nitro benzene ring substituents is 1. The zero-order chi connectivity index (χ0) is 23.4. The minimum atomic E-state index is -0.488. The number of carbonyl (C=O) groups is 1. The fraction of sp³-hybridized carbons (Fsp3) is 0.0455. The Kier molecular flexibility index (Phi) is 6.93. The molecule has 1 aliphatic heterocycles. The van der Waals surface area contributed by atoms with Gasteiger partial charge in [-0.2, -0.15) is 5.10 Å². The Bertz CT molecular complexity index is 1310. The second-order valence-corrected chi connectivity index (χ2v) is 8.50. The minimum absolute atomic E-state index is 0.0555. The molecule has 4 rings (SSSR count). The van der Waals surface area contributed by atoms with E-state index in [0.717, 1.165) is 11.8 Å². The number of rotatable bonds is 6. The summed E-state index contributed by atoms with van der Waals surface area (Å²) in [5.41, 5.74) is 1.04. The molecule has 1 aromatic heterocycles. The Balaban J connectivity index is 1.64. The number of amides is 1. The molecule has 2 aromatic carbocycles. The van der Waals surface area contributed by atoms with Gasteiger partial charge in [-0.25, -0.2) is 0 Å². The van der Waals surface area contributed by atoms with Crippen LogP contribution < -0.4 is 0 Å². The van der Waals surface area contributed by atoms with Crippen LogP contribution in [0.1, 0.15) is 16.9 Å². The lowest BCUT2D eigenvalue weighted by molar-refractivity contribution is -0.384. The summed E-state index contributed by atoms with van der Waals surface area (Å²) < 4.78 is 5.37. The molecule has 11 heteroatoms.